The lowest BCUT2D eigenvalue weighted by molar-refractivity contribution is -0.121. The van der Waals surface area contributed by atoms with E-state index in [1.165, 1.54) is 19.3 Å². The van der Waals surface area contributed by atoms with Crippen LogP contribution in [0, 0.1) is 17.8 Å². The standard InChI is InChI=1S/C15H26O2/c1-2-12(16)7-3-4-8-14-13-9-5-6-11(13)10-15(14)17/h11-14,16H,2-10H2,1H3. The van der Waals surface area contributed by atoms with E-state index in [0.717, 1.165) is 50.4 Å². The van der Waals surface area contributed by atoms with Crippen LogP contribution in [0.2, 0.25) is 0 Å². The van der Waals surface area contributed by atoms with Crippen molar-refractivity contribution in [3.8, 4) is 0 Å². The van der Waals surface area contributed by atoms with Crippen LogP contribution in [0.15, 0.2) is 0 Å². The van der Waals surface area contributed by atoms with Crippen LogP contribution >= 0.6 is 0 Å². The van der Waals surface area contributed by atoms with Crippen LogP contribution in [0.4, 0.5) is 0 Å². The third-order valence-electron chi connectivity index (χ3n) is 4.89. The quantitative estimate of drug-likeness (QED) is 0.721. The maximum Gasteiger partial charge on any atom is 0.136 e. The van der Waals surface area contributed by atoms with Gasteiger partial charge < -0.3 is 5.11 Å². The molecule has 2 fully saturated rings. The lowest BCUT2D eigenvalue weighted by Gasteiger charge is -2.17. The minimum atomic E-state index is -0.131. The van der Waals surface area contributed by atoms with Gasteiger partial charge in [0.15, 0.2) is 0 Å². The number of hydrogen-bond donors (Lipinski definition) is 1. The number of rotatable bonds is 6. The number of aliphatic hydroxyl groups excluding tert-OH is 1. The smallest absolute Gasteiger partial charge is 0.136 e. The van der Waals surface area contributed by atoms with Gasteiger partial charge in [0.2, 0.25) is 0 Å². The largest absolute Gasteiger partial charge is 0.393 e. The molecule has 4 unspecified atom stereocenters. The highest BCUT2D eigenvalue weighted by molar-refractivity contribution is 5.84. The molecule has 0 spiro atoms. The molecule has 2 aliphatic carbocycles. The number of carbonyl (C=O) groups is 1. The van der Waals surface area contributed by atoms with Crippen LogP contribution in [0.5, 0.6) is 0 Å². The van der Waals surface area contributed by atoms with Gasteiger partial charge in [0.1, 0.15) is 5.78 Å². The van der Waals surface area contributed by atoms with E-state index < -0.39 is 0 Å². The predicted octanol–water partition coefficient (Wildman–Crippen LogP) is 3.32. The van der Waals surface area contributed by atoms with Crippen molar-refractivity contribution in [2.24, 2.45) is 17.8 Å². The first-order valence-electron chi connectivity index (χ1n) is 7.43. The monoisotopic (exact) mass is 238 g/mol. The number of Topliss-reactive ketones (excluding diaryl/α,β-unsaturated/α-hetero) is 1. The number of fused-ring (bicyclic) bond motifs is 1. The van der Waals surface area contributed by atoms with E-state index in [9.17, 15) is 9.90 Å². The number of aliphatic hydroxyl groups is 1. The summed E-state index contributed by atoms with van der Waals surface area (Å²) in [5, 5.41) is 9.49. The molecular weight excluding hydrogens is 212 g/mol. The summed E-state index contributed by atoms with van der Waals surface area (Å²) in [6, 6.07) is 0. The van der Waals surface area contributed by atoms with Gasteiger partial charge in [0.25, 0.3) is 0 Å². The average Bonchev–Trinajstić information content (AvgIpc) is 2.86. The maximum absolute atomic E-state index is 11.9. The first-order valence-corrected chi connectivity index (χ1v) is 7.43. The number of unbranched alkanes of at least 4 members (excludes halogenated alkanes) is 1. The van der Waals surface area contributed by atoms with Crippen LogP contribution in [-0.4, -0.2) is 17.0 Å². The Bertz CT molecular complexity index is 262. The van der Waals surface area contributed by atoms with Gasteiger partial charge in [-0.3, -0.25) is 4.79 Å². The second-order valence-electron chi connectivity index (χ2n) is 5.98. The fraction of sp³-hybridized carbons (Fsp3) is 0.933. The zero-order valence-electron chi connectivity index (χ0n) is 11.0. The summed E-state index contributed by atoms with van der Waals surface area (Å²) in [7, 11) is 0. The Morgan fingerprint density at radius 3 is 2.94 bits per heavy atom. The van der Waals surface area contributed by atoms with Crippen molar-refractivity contribution in [2.75, 3.05) is 0 Å². The predicted molar refractivity (Wildman–Crippen MR) is 68.7 cm³/mol. The zero-order chi connectivity index (χ0) is 12.3. The van der Waals surface area contributed by atoms with Gasteiger partial charge in [0.05, 0.1) is 6.10 Å². The third kappa shape index (κ3) is 3.09. The van der Waals surface area contributed by atoms with Crippen molar-refractivity contribution in [1.29, 1.82) is 0 Å². The fourth-order valence-corrected chi connectivity index (χ4v) is 3.82. The van der Waals surface area contributed by atoms with Crippen LogP contribution in [0.3, 0.4) is 0 Å². The van der Waals surface area contributed by atoms with Crippen LogP contribution in [0.1, 0.15) is 64.7 Å². The van der Waals surface area contributed by atoms with E-state index in [1.54, 1.807) is 0 Å². The maximum atomic E-state index is 11.9. The molecule has 0 amide bonds. The molecule has 0 aliphatic heterocycles. The molecular formula is C15H26O2. The Kier molecular flexibility index (Phi) is 4.61. The molecule has 0 radical (unpaired) electrons. The van der Waals surface area contributed by atoms with Crippen molar-refractivity contribution in [3.63, 3.8) is 0 Å². The van der Waals surface area contributed by atoms with E-state index in [4.69, 9.17) is 0 Å². The summed E-state index contributed by atoms with van der Waals surface area (Å²) in [4.78, 5) is 11.9. The highest BCUT2D eigenvalue weighted by atomic mass is 16.3. The van der Waals surface area contributed by atoms with Gasteiger partial charge >= 0.3 is 0 Å². The second-order valence-corrected chi connectivity index (χ2v) is 5.98. The molecule has 2 heteroatoms. The SMILES string of the molecule is CCC(O)CCCCC1C(=O)CC2CCCC21. The van der Waals surface area contributed by atoms with Gasteiger partial charge in [-0.15, -0.1) is 0 Å². The van der Waals surface area contributed by atoms with E-state index in [0.29, 0.717) is 11.7 Å². The van der Waals surface area contributed by atoms with Crippen LogP contribution < -0.4 is 0 Å². The van der Waals surface area contributed by atoms with E-state index in [1.807, 2.05) is 6.92 Å². The minimum absolute atomic E-state index is 0.131. The molecule has 0 aromatic rings. The second kappa shape index (κ2) is 5.99. The fourth-order valence-electron chi connectivity index (χ4n) is 3.82. The van der Waals surface area contributed by atoms with Crippen LogP contribution in [-0.2, 0) is 4.79 Å². The first kappa shape index (κ1) is 13.1. The summed E-state index contributed by atoms with van der Waals surface area (Å²) in [6.07, 6.45) is 9.70. The summed E-state index contributed by atoms with van der Waals surface area (Å²) in [5.41, 5.74) is 0. The highest BCUT2D eigenvalue weighted by Crippen LogP contribution is 2.47. The molecule has 2 aliphatic rings. The minimum Gasteiger partial charge on any atom is -0.393 e. The summed E-state index contributed by atoms with van der Waals surface area (Å²) >= 11 is 0. The Balaban J connectivity index is 1.70. The Labute approximate surface area is 105 Å². The van der Waals surface area contributed by atoms with Gasteiger partial charge in [-0.1, -0.05) is 26.2 Å². The molecule has 2 rings (SSSR count). The molecule has 2 nitrogen and oxygen atoms in total. The topological polar surface area (TPSA) is 37.3 Å². The van der Waals surface area contributed by atoms with Crippen molar-refractivity contribution in [1.82, 2.24) is 0 Å². The molecule has 0 aromatic heterocycles. The Morgan fingerprint density at radius 1 is 1.35 bits per heavy atom. The summed E-state index contributed by atoms with van der Waals surface area (Å²) < 4.78 is 0. The molecule has 1 N–H and O–H groups in total. The highest BCUT2D eigenvalue weighted by Gasteiger charge is 2.43. The molecule has 0 aromatic carbocycles. The van der Waals surface area contributed by atoms with Crippen molar-refractivity contribution in [2.45, 2.75) is 70.8 Å². The van der Waals surface area contributed by atoms with E-state index in [2.05, 4.69) is 0 Å². The van der Waals surface area contributed by atoms with E-state index >= 15 is 0 Å². The van der Waals surface area contributed by atoms with Crippen molar-refractivity contribution >= 4 is 5.78 Å². The van der Waals surface area contributed by atoms with E-state index in [-0.39, 0.29) is 6.10 Å². The first-order chi connectivity index (χ1) is 8.22. The van der Waals surface area contributed by atoms with Gasteiger partial charge in [0, 0.05) is 12.3 Å². The normalized spacial score (nSPS) is 34.0. The number of carbonyl (C=O) groups excluding carboxylic acids is 1. The molecule has 98 valence electrons. The lowest BCUT2D eigenvalue weighted by atomic mass is 9.87. The zero-order valence-corrected chi connectivity index (χ0v) is 11.0. The molecule has 2 saturated carbocycles. The Morgan fingerprint density at radius 2 is 2.18 bits per heavy atom. The van der Waals surface area contributed by atoms with Gasteiger partial charge in [-0.05, 0) is 43.9 Å². The third-order valence-corrected chi connectivity index (χ3v) is 4.89. The average molecular weight is 238 g/mol. The molecule has 4 atom stereocenters. The molecule has 0 saturated heterocycles. The molecule has 0 bridgehead atoms. The number of ketones is 1. The van der Waals surface area contributed by atoms with Gasteiger partial charge in [-0.25, -0.2) is 0 Å². The van der Waals surface area contributed by atoms with Crippen molar-refractivity contribution in [3.05, 3.63) is 0 Å². The number of hydrogen-bond acceptors (Lipinski definition) is 2. The summed E-state index contributed by atoms with van der Waals surface area (Å²) in [6.45, 7) is 2.02. The summed E-state index contributed by atoms with van der Waals surface area (Å²) in [5.74, 6) is 2.37. The van der Waals surface area contributed by atoms with Gasteiger partial charge in [-0.2, -0.15) is 0 Å². The molecule has 0 heterocycles. The van der Waals surface area contributed by atoms with Crippen molar-refractivity contribution < 1.29 is 9.90 Å². The molecule has 17 heavy (non-hydrogen) atoms. The Hall–Kier alpha value is -0.370. The van der Waals surface area contributed by atoms with Crippen LogP contribution in [0.25, 0.3) is 0 Å². The lowest BCUT2D eigenvalue weighted by Crippen LogP contribution is -2.15.